The molecule has 0 radical (unpaired) electrons. The SMILES string of the molecule is CCC(=O)N(CC(C)N1CCC(Cc2ccccc2)CC1)c1ccc(C)cc1. The van der Waals surface area contributed by atoms with Crippen molar-refractivity contribution in [3.63, 3.8) is 0 Å². The number of hydrogen-bond donors (Lipinski definition) is 0. The molecule has 0 spiro atoms. The van der Waals surface area contributed by atoms with Crippen LogP contribution in [-0.2, 0) is 11.2 Å². The predicted molar refractivity (Wildman–Crippen MR) is 118 cm³/mol. The average molecular weight is 379 g/mol. The molecular formula is C25H34N2O. The number of amides is 1. The van der Waals surface area contributed by atoms with E-state index in [0.29, 0.717) is 12.5 Å². The molecule has 0 saturated carbocycles. The monoisotopic (exact) mass is 378 g/mol. The summed E-state index contributed by atoms with van der Waals surface area (Å²) < 4.78 is 0. The largest absolute Gasteiger partial charge is 0.311 e. The second kappa shape index (κ2) is 9.88. The van der Waals surface area contributed by atoms with Crippen LogP contribution >= 0.6 is 0 Å². The Kier molecular flexibility index (Phi) is 7.27. The Bertz CT molecular complexity index is 733. The molecule has 0 N–H and O–H groups in total. The van der Waals surface area contributed by atoms with Crippen LogP contribution < -0.4 is 4.90 Å². The van der Waals surface area contributed by atoms with Crippen LogP contribution in [0.2, 0.25) is 0 Å². The van der Waals surface area contributed by atoms with Gasteiger partial charge < -0.3 is 4.90 Å². The maximum atomic E-state index is 12.6. The van der Waals surface area contributed by atoms with E-state index in [1.54, 1.807) is 0 Å². The number of aryl methyl sites for hydroxylation is 1. The Morgan fingerprint density at radius 3 is 2.32 bits per heavy atom. The molecule has 3 heteroatoms. The minimum atomic E-state index is 0.203. The highest BCUT2D eigenvalue weighted by atomic mass is 16.2. The summed E-state index contributed by atoms with van der Waals surface area (Å²) >= 11 is 0. The van der Waals surface area contributed by atoms with E-state index in [-0.39, 0.29) is 5.91 Å². The number of benzene rings is 2. The molecule has 150 valence electrons. The van der Waals surface area contributed by atoms with Crippen molar-refractivity contribution in [1.29, 1.82) is 0 Å². The van der Waals surface area contributed by atoms with Crippen LogP contribution in [-0.4, -0.2) is 36.5 Å². The van der Waals surface area contributed by atoms with Crippen LogP contribution in [0, 0.1) is 12.8 Å². The number of hydrogen-bond acceptors (Lipinski definition) is 2. The quantitative estimate of drug-likeness (QED) is 0.671. The zero-order valence-corrected chi connectivity index (χ0v) is 17.6. The summed E-state index contributed by atoms with van der Waals surface area (Å²) in [5.74, 6) is 0.978. The summed E-state index contributed by atoms with van der Waals surface area (Å²) in [5.41, 5.74) is 3.69. The normalized spacial score (nSPS) is 16.7. The van der Waals surface area contributed by atoms with Crippen molar-refractivity contribution in [3.8, 4) is 0 Å². The lowest BCUT2D eigenvalue weighted by molar-refractivity contribution is -0.118. The first-order valence-electron chi connectivity index (χ1n) is 10.7. The van der Waals surface area contributed by atoms with Crippen molar-refractivity contribution in [2.75, 3.05) is 24.5 Å². The van der Waals surface area contributed by atoms with E-state index >= 15 is 0 Å². The van der Waals surface area contributed by atoms with Crippen molar-refractivity contribution in [3.05, 3.63) is 65.7 Å². The second-order valence-electron chi connectivity index (χ2n) is 8.21. The smallest absolute Gasteiger partial charge is 0.226 e. The van der Waals surface area contributed by atoms with Crippen molar-refractivity contribution in [1.82, 2.24) is 4.90 Å². The van der Waals surface area contributed by atoms with E-state index in [1.807, 2.05) is 11.8 Å². The fourth-order valence-electron chi connectivity index (χ4n) is 4.19. The van der Waals surface area contributed by atoms with Gasteiger partial charge in [0.25, 0.3) is 0 Å². The van der Waals surface area contributed by atoms with E-state index in [1.165, 1.54) is 30.4 Å². The van der Waals surface area contributed by atoms with Crippen LogP contribution in [0.25, 0.3) is 0 Å². The van der Waals surface area contributed by atoms with E-state index < -0.39 is 0 Å². The molecule has 1 heterocycles. The first-order valence-corrected chi connectivity index (χ1v) is 10.7. The van der Waals surface area contributed by atoms with Gasteiger partial charge in [0.15, 0.2) is 0 Å². The van der Waals surface area contributed by atoms with Crippen molar-refractivity contribution < 1.29 is 4.79 Å². The van der Waals surface area contributed by atoms with Crippen LogP contribution in [0.5, 0.6) is 0 Å². The highest BCUT2D eigenvalue weighted by molar-refractivity contribution is 5.93. The minimum Gasteiger partial charge on any atom is -0.311 e. The number of nitrogens with zero attached hydrogens (tertiary/aromatic N) is 2. The third kappa shape index (κ3) is 5.45. The molecule has 1 unspecified atom stereocenters. The van der Waals surface area contributed by atoms with Gasteiger partial charge in [0, 0.05) is 24.7 Å². The molecule has 1 aliphatic heterocycles. The average Bonchev–Trinajstić information content (AvgIpc) is 2.73. The Labute approximate surface area is 170 Å². The summed E-state index contributed by atoms with van der Waals surface area (Å²) in [6.07, 6.45) is 4.21. The summed E-state index contributed by atoms with van der Waals surface area (Å²) in [6.45, 7) is 9.31. The van der Waals surface area contributed by atoms with Gasteiger partial charge in [-0.15, -0.1) is 0 Å². The molecule has 1 atom stereocenters. The highest BCUT2D eigenvalue weighted by Gasteiger charge is 2.25. The predicted octanol–water partition coefficient (Wildman–Crippen LogP) is 5.08. The number of likely N-dealkylation sites (tertiary alicyclic amines) is 1. The van der Waals surface area contributed by atoms with Crippen molar-refractivity contribution in [2.24, 2.45) is 5.92 Å². The fraction of sp³-hybridized carbons (Fsp3) is 0.480. The summed E-state index contributed by atoms with van der Waals surface area (Å²) in [7, 11) is 0. The maximum absolute atomic E-state index is 12.6. The van der Waals surface area contributed by atoms with Crippen LogP contribution in [0.3, 0.4) is 0 Å². The van der Waals surface area contributed by atoms with Gasteiger partial charge in [-0.1, -0.05) is 55.0 Å². The lowest BCUT2D eigenvalue weighted by Gasteiger charge is -2.38. The molecule has 0 bridgehead atoms. The van der Waals surface area contributed by atoms with Gasteiger partial charge in [-0.05, 0) is 69.8 Å². The van der Waals surface area contributed by atoms with Gasteiger partial charge in [0.2, 0.25) is 5.91 Å². The van der Waals surface area contributed by atoms with Crippen molar-refractivity contribution in [2.45, 2.75) is 52.5 Å². The maximum Gasteiger partial charge on any atom is 0.226 e. The zero-order valence-electron chi connectivity index (χ0n) is 17.6. The Morgan fingerprint density at radius 1 is 1.07 bits per heavy atom. The number of anilines is 1. The zero-order chi connectivity index (χ0) is 19.9. The molecule has 1 saturated heterocycles. The topological polar surface area (TPSA) is 23.6 Å². The van der Waals surface area contributed by atoms with E-state index in [4.69, 9.17) is 0 Å². The number of carbonyl (C=O) groups is 1. The lowest BCUT2D eigenvalue weighted by Crippen LogP contribution is -2.47. The Balaban J connectivity index is 1.56. The molecule has 1 amide bonds. The molecule has 0 aromatic heterocycles. The third-order valence-electron chi connectivity index (χ3n) is 6.04. The first kappa shape index (κ1) is 20.6. The third-order valence-corrected chi connectivity index (χ3v) is 6.04. The van der Waals surface area contributed by atoms with Gasteiger partial charge in [-0.2, -0.15) is 0 Å². The summed E-state index contributed by atoms with van der Waals surface area (Å²) in [6, 6.07) is 19.5. The van der Waals surface area contributed by atoms with Gasteiger partial charge in [-0.3, -0.25) is 9.69 Å². The molecule has 1 fully saturated rings. The number of piperidine rings is 1. The second-order valence-corrected chi connectivity index (χ2v) is 8.21. The van der Waals surface area contributed by atoms with E-state index in [2.05, 4.69) is 73.3 Å². The molecule has 2 aromatic carbocycles. The minimum absolute atomic E-state index is 0.203. The lowest BCUT2D eigenvalue weighted by atomic mass is 9.89. The molecule has 1 aliphatic rings. The standard InChI is InChI=1S/C25H34N2O/c1-4-25(28)27(24-12-10-20(2)11-13-24)19-21(3)26-16-14-23(15-17-26)18-22-8-6-5-7-9-22/h5-13,21,23H,4,14-19H2,1-3H3. The molecular weight excluding hydrogens is 344 g/mol. The van der Waals surface area contributed by atoms with Crippen LogP contribution in [0.15, 0.2) is 54.6 Å². The fourth-order valence-corrected chi connectivity index (χ4v) is 4.19. The number of carbonyl (C=O) groups excluding carboxylic acids is 1. The molecule has 2 aromatic rings. The van der Waals surface area contributed by atoms with E-state index in [9.17, 15) is 4.79 Å². The highest BCUT2D eigenvalue weighted by Crippen LogP contribution is 2.24. The Morgan fingerprint density at radius 2 is 1.71 bits per heavy atom. The van der Waals surface area contributed by atoms with Gasteiger partial charge in [0.05, 0.1) is 0 Å². The first-order chi connectivity index (χ1) is 13.6. The van der Waals surface area contributed by atoms with E-state index in [0.717, 1.165) is 31.2 Å². The summed E-state index contributed by atoms with van der Waals surface area (Å²) in [4.78, 5) is 17.1. The van der Waals surface area contributed by atoms with Gasteiger partial charge in [-0.25, -0.2) is 0 Å². The van der Waals surface area contributed by atoms with Crippen LogP contribution in [0.1, 0.15) is 44.2 Å². The van der Waals surface area contributed by atoms with Crippen molar-refractivity contribution >= 4 is 11.6 Å². The summed E-state index contributed by atoms with van der Waals surface area (Å²) in [5, 5.41) is 0. The number of rotatable bonds is 7. The molecule has 28 heavy (non-hydrogen) atoms. The van der Waals surface area contributed by atoms with Gasteiger partial charge >= 0.3 is 0 Å². The van der Waals surface area contributed by atoms with Crippen LogP contribution in [0.4, 0.5) is 5.69 Å². The van der Waals surface area contributed by atoms with Gasteiger partial charge in [0.1, 0.15) is 0 Å². The molecule has 3 rings (SSSR count). The molecule has 3 nitrogen and oxygen atoms in total. The molecule has 0 aliphatic carbocycles. The Hall–Kier alpha value is -2.13.